The number of benzene rings is 1. The Bertz CT molecular complexity index is 705. The van der Waals surface area contributed by atoms with Gasteiger partial charge < -0.3 is 5.11 Å². The second-order valence-electron chi connectivity index (χ2n) is 5.36. The highest BCUT2D eigenvalue weighted by Gasteiger charge is 2.16. The molecule has 104 valence electrons. The molecule has 1 N–H and O–H groups in total. The summed E-state index contributed by atoms with van der Waals surface area (Å²) in [6.07, 6.45) is 4.04. The van der Waals surface area contributed by atoms with Crippen LogP contribution in [0, 0.1) is 20.8 Å². The summed E-state index contributed by atoms with van der Waals surface area (Å²) in [5, 5.41) is 12.6. The summed E-state index contributed by atoms with van der Waals surface area (Å²) in [4.78, 5) is 5.51. The van der Waals surface area contributed by atoms with Crippen LogP contribution in [0.4, 0.5) is 0 Å². The van der Waals surface area contributed by atoms with Crippen LogP contribution in [0.2, 0.25) is 0 Å². The van der Waals surface area contributed by atoms with Crippen molar-refractivity contribution in [2.75, 3.05) is 0 Å². The number of aromatic nitrogens is 2. The van der Waals surface area contributed by atoms with Crippen LogP contribution in [0.25, 0.3) is 4.96 Å². The van der Waals surface area contributed by atoms with Gasteiger partial charge in [-0.1, -0.05) is 17.7 Å². The van der Waals surface area contributed by atoms with Crippen LogP contribution in [0.15, 0.2) is 29.9 Å². The van der Waals surface area contributed by atoms with E-state index in [2.05, 4.69) is 37.9 Å². The van der Waals surface area contributed by atoms with Gasteiger partial charge in [0.2, 0.25) is 0 Å². The number of hydrogen-bond donors (Lipinski definition) is 1. The van der Waals surface area contributed by atoms with E-state index in [1.54, 1.807) is 11.3 Å². The maximum Gasteiger partial charge on any atom is 0.193 e. The molecule has 1 aromatic carbocycles. The summed E-state index contributed by atoms with van der Waals surface area (Å²) in [5.74, 6) is 0. The molecular formula is C16H18N2OS. The lowest BCUT2D eigenvalue weighted by molar-refractivity contribution is 0.176. The third kappa shape index (κ3) is 2.37. The van der Waals surface area contributed by atoms with Crippen molar-refractivity contribution >= 4 is 16.3 Å². The molecular weight excluding hydrogens is 268 g/mol. The van der Waals surface area contributed by atoms with Crippen LogP contribution in [-0.4, -0.2) is 14.5 Å². The number of imidazole rings is 1. The van der Waals surface area contributed by atoms with Crippen molar-refractivity contribution in [3.63, 3.8) is 0 Å². The average Bonchev–Trinajstić information content (AvgIpc) is 2.87. The summed E-state index contributed by atoms with van der Waals surface area (Å²) in [7, 11) is 0. The minimum absolute atomic E-state index is 0.500. The van der Waals surface area contributed by atoms with Crippen molar-refractivity contribution in [1.82, 2.24) is 9.38 Å². The van der Waals surface area contributed by atoms with Gasteiger partial charge in [-0.25, -0.2) is 4.98 Å². The van der Waals surface area contributed by atoms with E-state index in [0.717, 1.165) is 27.3 Å². The molecule has 0 spiro atoms. The molecule has 3 rings (SSSR count). The number of hydrogen-bond acceptors (Lipinski definition) is 3. The van der Waals surface area contributed by atoms with Crippen LogP contribution in [0.3, 0.4) is 0 Å². The minimum atomic E-state index is -0.500. The molecule has 0 saturated heterocycles. The van der Waals surface area contributed by atoms with Gasteiger partial charge in [0.05, 0.1) is 11.8 Å². The lowest BCUT2D eigenvalue weighted by Crippen LogP contribution is -2.07. The zero-order chi connectivity index (χ0) is 14.3. The fraction of sp³-hybridized carbons (Fsp3) is 0.312. The Balaban J connectivity index is 1.89. The van der Waals surface area contributed by atoms with Crippen LogP contribution < -0.4 is 0 Å². The van der Waals surface area contributed by atoms with E-state index < -0.39 is 6.10 Å². The van der Waals surface area contributed by atoms with Gasteiger partial charge in [-0.05, 0) is 37.5 Å². The molecule has 1 unspecified atom stereocenters. The van der Waals surface area contributed by atoms with Crippen molar-refractivity contribution in [3.8, 4) is 0 Å². The van der Waals surface area contributed by atoms with Crippen molar-refractivity contribution < 1.29 is 5.11 Å². The maximum absolute atomic E-state index is 10.5. The molecule has 4 heteroatoms. The fourth-order valence-electron chi connectivity index (χ4n) is 2.89. The first kappa shape index (κ1) is 13.3. The first-order valence-electron chi connectivity index (χ1n) is 6.71. The fourth-order valence-corrected chi connectivity index (χ4v) is 3.61. The maximum atomic E-state index is 10.5. The number of rotatable bonds is 3. The van der Waals surface area contributed by atoms with E-state index in [9.17, 15) is 5.11 Å². The van der Waals surface area contributed by atoms with Gasteiger partial charge in [0.25, 0.3) is 0 Å². The molecule has 0 aliphatic rings. The Morgan fingerprint density at radius 3 is 2.60 bits per heavy atom. The van der Waals surface area contributed by atoms with Crippen molar-refractivity contribution in [2.24, 2.45) is 0 Å². The second-order valence-corrected chi connectivity index (χ2v) is 6.23. The summed E-state index contributed by atoms with van der Waals surface area (Å²) < 4.78 is 2.00. The molecule has 2 aromatic heterocycles. The zero-order valence-corrected chi connectivity index (χ0v) is 12.7. The van der Waals surface area contributed by atoms with E-state index in [1.807, 2.05) is 22.2 Å². The topological polar surface area (TPSA) is 37.5 Å². The van der Waals surface area contributed by atoms with Crippen molar-refractivity contribution in [2.45, 2.75) is 33.3 Å². The van der Waals surface area contributed by atoms with Gasteiger partial charge in [-0.2, -0.15) is 0 Å². The number of thiazole rings is 1. The zero-order valence-electron chi connectivity index (χ0n) is 11.9. The standard InChI is InChI=1S/C16H18N2OS/c1-10-6-11(2)15(12(3)7-10)14(19)8-13-9-18-4-5-20-16(18)17-13/h4-7,9,14,19H,8H2,1-3H3. The summed E-state index contributed by atoms with van der Waals surface area (Å²) in [6, 6.07) is 4.24. The van der Waals surface area contributed by atoms with Crippen LogP contribution in [0.5, 0.6) is 0 Å². The number of aliphatic hydroxyl groups excluding tert-OH is 1. The minimum Gasteiger partial charge on any atom is -0.388 e. The number of aliphatic hydroxyl groups is 1. The second kappa shape index (κ2) is 5.04. The third-order valence-electron chi connectivity index (χ3n) is 3.62. The smallest absolute Gasteiger partial charge is 0.193 e. The first-order chi connectivity index (χ1) is 9.54. The van der Waals surface area contributed by atoms with E-state index in [1.165, 1.54) is 5.56 Å². The molecule has 0 aliphatic heterocycles. The van der Waals surface area contributed by atoms with Crippen molar-refractivity contribution in [3.05, 3.63) is 57.9 Å². The first-order valence-corrected chi connectivity index (χ1v) is 7.59. The highest BCUT2D eigenvalue weighted by molar-refractivity contribution is 7.15. The molecule has 0 saturated carbocycles. The molecule has 2 heterocycles. The quantitative estimate of drug-likeness (QED) is 0.799. The van der Waals surface area contributed by atoms with Gasteiger partial charge in [0.1, 0.15) is 0 Å². The Morgan fingerprint density at radius 2 is 1.95 bits per heavy atom. The molecule has 0 bridgehead atoms. The summed E-state index contributed by atoms with van der Waals surface area (Å²) in [5.41, 5.74) is 5.50. The molecule has 1 atom stereocenters. The molecule has 3 aromatic rings. The summed E-state index contributed by atoms with van der Waals surface area (Å²) >= 11 is 1.61. The van der Waals surface area contributed by atoms with Crippen LogP contribution >= 0.6 is 11.3 Å². The van der Waals surface area contributed by atoms with Gasteiger partial charge >= 0.3 is 0 Å². The predicted molar refractivity (Wildman–Crippen MR) is 82.4 cm³/mol. The van der Waals surface area contributed by atoms with E-state index in [4.69, 9.17) is 0 Å². The Hall–Kier alpha value is -1.65. The van der Waals surface area contributed by atoms with Crippen LogP contribution in [-0.2, 0) is 6.42 Å². The van der Waals surface area contributed by atoms with Gasteiger partial charge in [0.15, 0.2) is 4.96 Å². The van der Waals surface area contributed by atoms with Gasteiger partial charge in [-0.3, -0.25) is 4.40 Å². The molecule has 0 amide bonds. The Morgan fingerprint density at radius 1 is 1.25 bits per heavy atom. The molecule has 20 heavy (non-hydrogen) atoms. The predicted octanol–water partition coefficient (Wildman–Crippen LogP) is 3.60. The normalized spacial score (nSPS) is 13.0. The number of aryl methyl sites for hydroxylation is 3. The van der Waals surface area contributed by atoms with Crippen molar-refractivity contribution in [1.29, 1.82) is 0 Å². The number of fused-ring (bicyclic) bond motifs is 1. The summed E-state index contributed by atoms with van der Waals surface area (Å²) in [6.45, 7) is 6.20. The number of nitrogens with zero attached hydrogens (tertiary/aromatic N) is 2. The highest BCUT2D eigenvalue weighted by Crippen LogP contribution is 2.26. The lowest BCUT2D eigenvalue weighted by Gasteiger charge is -2.16. The molecule has 0 aliphatic carbocycles. The largest absolute Gasteiger partial charge is 0.388 e. The molecule has 0 fully saturated rings. The Labute approximate surface area is 122 Å². The van der Waals surface area contributed by atoms with E-state index >= 15 is 0 Å². The lowest BCUT2D eigenvalue weighted by atomic mass is 9.93. The SMILES string of the molecule is Cc1cc(C)c(C(O)Cc2cn3ccsc3n2)c(C)c1. The molecule has 3 nitrogen and oxygen atoms in total. The monoisotopic (exact) mass is 286 g/mol. The van der Waals surface area contributed by atoms with Crippen LogP contribution in [0.1, 0.15) is 34.1 Å². The van der Waals surface area contributed by atoms with E-state index in [-0.39, 0.29) is 0 Å². The molecule has 0 radical (unpaired) electrons. The van der Waals surface area contributed by atoms with Gasteiger partial charge in [-0.15, -0.1) is 11.3 Å². The van der Waals surface area contributed by atoms with Gasteiger partial charge in [0, 0.05) is 24.2 Å². The van der Waals surface area contributed by atoms with E-state index in [0.29, 0.717) is 6.42 Å². The third-order valence-corrected chi connectivity index (χ3v) is 4.39. The Kier molecular flexibility index (Phi) is 3.36. The highest BCUT2D eigenvalue weighted by atomic mass is 32.1. The average molecular weight is 286 g/mol.